The molecule has 0 spiro atoms. The zero-order valence-corrected chi connectivity index (χ0v) is 14.2. The van der Waals surface area contributed by atoms with Gasteiger partial charge in [-0.3, -0.25) is 4.79 Å². The molecule has 2 aromatic carbocycles. The molecule has 0 saturated carbocycles. The quantitative estimate of drug-likeness (QED) is 0.694. The third-order valence-electron chi connectivity index (χ3n) is 3.80. The number of hydrogen-bond donors (Lipinski definition) is 1. The van der Waals surface area contributed by atoms with Crippen LogP contribution in [0.3, 0.4) is 0 Å². The van der Waals surface area contributed by atoms with E-state index in [1.807, 2.05) is 0 Å². The van der Waals surface area contributed by atoms with Gasteiger partial charge >= 0.3 is 6.18 Å². The van der Waals surface area contributed by atoms with Crippen LogP contribution in [0.4, 0.5) is 18.9 Å². The van der Waals surface area contributed by atoms with Gasteiger partial charge in [0.15, 0.2) is 0 Å². The van der Waals surface area contributed by atoms with Gasteiger partial charge in [-0.15, -0.1) is 6.42 Å². The Labute approximate surface area is 153 Å². The highest BCUT2D eigenvalue weighted by Gasteiger charge is 2.31. The zero-order valence-electron chi connectivity index (χ0n) is 14.2. The average molecular weight is 369 g/mol. The zero-order chi connectivity index (χ0) is 19.6. The molecule has 0 unspecified atom stereocenters. The van der Waals surface area contributed by atoms with Gasteiger partial charge in [0.05, 0.1) is 17.6 Å². The molecule has 1 aromatic heterocycles. The van der Waals surface area contributed by atoms with Crippen molar-refractivity contribution in [2.45, 2.75) is 13.1 Å². The molecule has 136 valence electrons. The summed E-state index contributed by atoms with van der Waals surface area (Å²) in [6, 6.07) is 9.61. The Morgan fingerprint density at radius 1 is 1.22 bits per heavy atom. The van der Waals surface area contributed by atoms with Crippen molar-refractivity contribution in [2.75, 3.05) is 5.32 Å². The van der Waals surface area contributed by atoms with Crippen LogP contribution in [0.5, 0.6) is 0 Å². The topological polar surface area (TPSA) is 46.9 Å². The Kier molecular flexibility index (Phi) is 4.74. The number of anilines is 1. The predicted molar refractivity (Wildman–Crippen MR) is 95.6 cm³/mol. The van der Waals surface area contributed by atoms with Crippen molar-refractivity contribution in [2.24, 2.45) is 0 Å². The molecule has 0 atom stereocenters. The molecule has 1 N–H and O–H groups in total. The first-order chi connectivity index (χ1) is 12.8. The minimum atomic E-state index is -4.56. The third-order valence-corrected chi connectivity index (χ3v) is 3.80. The van der Waals surface area contributed by atoms with Gasteiger partial charge in [0.2, 0.25) is 0 Å². The number of carbonyl (C=O) groups is 1. The Bertz CT molecular complexity index is 1050. The van der Waals surface area contributed by atoms with E-state index in [9.17, 15) is 18.0 Å². The van der Waals surface area contributed by atoms with Gasteiger partial charge in [-0.2, -0.15) is 13.2 Å². The number of hydrogen-bond acceptors (Lipinski definition) is 2. The van der Waals surface area contributed by atoms with Gasteiger partial charge in [0, 0.05) is 28.7 Å². The molecular formula is C20H14F3N3O. The van der Waals surface area contributed by atoms with Gasteiger partial charge in [-0.05, 0) is 43.3 Å². The molecule has 0 saturated heterocycles. The molecule has 0 aliphatic carbocycles. The fraction of sp³-hybridized carbons (Fsp3) is 0.100. The molecule has 3 rings (SSSR count). The summed E-state index contributed by atoms with van der Waals surface area (Å²) in [7, 11) is 0. The lowest BCUT2D eigenvalue weighted by atomic mass is 10.1. The van der Waals surface area contributed by atoms with E-state index in [4.69, 9.17) is 6.42 Å². The van der Waals surface area contributed by atoms with Crippen LogP contribution in [0.15, 0.2) is 55.0 Å². The van der Waals surface area contributed by atoms with Crippen LogP contribution in [-0.2, 0) is 6.18 Å². The largest absolute Gasteiger partial charge is 0.416 e. The Balaban J connectivity index is 1.99. The van der Waals surface area contributed by atoms with Crippen molar-refractivity contribution in [1.29, 1.82) is 0 Å². The standard InChI is InChI=1S/C20H14F3N3O/c1-3-14-5-4-6-15(7-14)19(27)25-17-8-16(20(21,22)23)9-18(10-17)26-11-13(2)24-12-26/h1,4-12H,2H3,(H,25,27). The molecule has 0 aliphatic heterocycles. The molecule has 0 radical (unpaired) electrons. The lowest BCUT2D eigenvalue weighted by Gasteiger charge is -2.13. The van der Waals surface area contributed by atoms with Crippen molar-refractivity contribution < 1.29 is 18.0 Å². The smallest absolute Gasteiger partial charge is 0.322 e. The molecule has 1 heterocycles. The molecule has 0 fully saturated rings. The fourth-order valence-electron chi connectivity index (χ4n) is 2.51. The summed E-state index contributed by atoms with van der Waals surface area (Å²) in [6.45, 7) is 1.73. The molecule has 3 aromatic rings. The van der Waals surface area contributed by atoms with E-state index in [-0.39, 0.29) is 16.9 Å². The Morgan fingerprint density at radius 3 is 2.63 bits per heavy atom. The number of aryl methyl sites for hydroxylation is 1. The number of rotatable bonds is 3. The maximum absolute atomic E-state index is 13.3. The lowest BCUT2D eigenvalue weighted by Crippen LogP contribution is -2.14. The van der Waals surface area contributed by atoms with Crippen molar-refractivity contribution >= 4 is 11.6 Å². The van der Waals surface area contributed by atoms with Gasteiger partial charge in [0.25, 0.3) is 5.91 Å². The van der Waals surface area contributed by atoms with Crippen LogP contribution in [0.25, 0.3) is 5.69 Å². The summed E-state index contributed by atoms with van der Waals surface area (Å²) in [4.78, 5) is 16.4. The number of nitrogens with zero attached hydrogens (tertiary/aromatic N) is 2. The second-order valence-electron chi connectivity index (χ2n) is 5.87. The highest BCUT2D eigenvalue weighted by molar-refractivity contribution is 6.04. The number of nitrogens with one attached hydrogen (secondary N) is 1. The second kappa shape index (κ2) is 7.00. The molecule has 4 nitrogen and oxygen atoms in total. The van der Waals surface area contributed by atoms with Gasteiger partial charge < -0.3 is 9.88 Å². The Morgan fingerprint density at radius 2 is 2.00 bits per heavy atom. The minimum absolute atomic E-state index is 0.0160. The van der Waals surface area contributed by atoms with Crippen LogP contribution in [0.2, 0.25) is 0 Å². The number of benzene rings is 2. The maximum atomic E-state index is 13.3. The molecular weight excluding hydrogens is 355 g/mol. The van der Waals surface area contributed by atoms with Gasteiger partial charge in [0.1, 0.15) is 0 Å². The maximum Gasteiger partial charge on any atom is 0.416 e. The monoisotopic (exact) mass is 369 g/mol. The van der Waals surface area contributed by atoms with E-state index >= 15 is 0 Å². The summed E-state index contributed by atoms with van der Waals surface area (Å²) in [5, 5.41) is 2.50. The molecule has 7 heteroatoms. The second-order valence-corrected chi connectivity index (χ2v) is 5.87. The molecule has 0 bridgehead atoms. The molecule has 0 aliphatic rings. The van der Waals surface area contributed by atoms with Crippen LogP contribution in [0.1, 0.15) is 27.2 Å². The molecule has 1 amide bonds. The van der Waals surface area contributed by atoms with E-state index in [0.29, 0.717) is 11.3 Å². The predicted octanol–water partition coefficient (Wildman–Crippen LogP) is 4.43. The van der Waals surface area contributed by atoms with Crippen molar-refractivity contribution in [1.82, 2.24) is 9.55 Å². The number of imidazole rings is 1. The van der Waals surface area contributed by atoms with E-state index < -0.39 is 17.6 Å². The number of alkyl halides is 3. The van der Waals surface area contributed by atoms with Crippen LogP contribution in [-0.4, -0.2) is 15.5 Å². The summed E-state index contributed by atoms with van der Waals surface area (Å²) < 4.78 is 41.3. The summed E-state index contributed by atoms with van der Waals surface area (Å²) in [5.41, 5.74) is 0.785. The third kappa shape index (κ3) is 4.18. The van der Waals surface area contributed by atoms with Gasteiger partial charge in [-0.25, -0.2) is 4.98 Å². The van der Waals surface area contributed by atoms with E-state index in [2.05, 4.69) is 16.2 Å². The number of amides is 1. The summed E-state index contributed by atoms with van der Waals surface area (Å²) in [6.07, 6.45) is 3.75. The van der Waals surface area contributed by atoms with Crippen LogP contribution in [0, 0.1) is 19.3 Å². The van der Waals surface area contributed by atoms with Crippen LogP contribution < -0.4 is 5.32 Å². The van der Waals surface area contributed by atoms with E-state index in [1.54, 1.807) is 25.3 Å². The first-order valence-electron chi connectivity index (χ1n) is 7.87. The Hall–Kier alpha value is -3.53. The fourth-order valence-corrected chi connectivity index (χ4v) is 2.51. The summed E-state index contributed by atoms with van der Waals surface area (Å²) in [5.74, 6) is 1.85. The number of halogens is 3. The highest BCUT2D eigenvalue weighted by atomic mass is 19.4. The van der Waals surface area contributed by atoms with Crippen molar-refractivity contribution in [3.63, 3.8) is 0 Å². The van der Waals surface area contributed by atoms with E-state index in [0.717, 1.165) is 12.1 Å². The van der Waals surface area contributed by atoms with E-state index in [1.165, 1.54) is 29.1 Å². The number of carbonyl (C=O) groups excluding carboxylic acids is 1. The lowest BCUT2D eigenvalue weighted by molar-refractivity contribution is -0.137. The number of aromatic nitrogens is 2. The normalized spacial score (nSPS) is 11.1. The number of terminal acetylenes is 1. The van der Waals surface area contributed by atoms with Gasteiger partial charge in [-0.1, -0.05) is 12.0 Å². The first-order valence-corrected chi connectivity index (χ1v) is 7.87. The van der Waals surface area contributed by atoms with Crippen LogP contribution >= 0.6 is 0 Å². The first kappa shape index (κ1) is 18.3. The molecule has 27 heavy (non-hydrogen) atoms. The highest BCUT2D eigenvalue weighted by Crippen LogP contribution is 2.33. The minimum Gasteiger partial charge on any atom is -0.322 e. The summed E-state index contributed by atoms with van der Waals surface area (Å²) >= 11 is 0. The average Bonchev–Trinajstić information content (AvgIpc) is 3.07. The van der Waals surface area contributed by atoms with Crippen molar-refractivity contribution in [3.8, 4) is 18.0 Å². The van der Waals surface area contributed by atoms with Crippen molar-refractivity contribution in [3.05, 3.63) is 77.4 Å². The SMILES string of the molecule is C#Cc1cccc(C(=O)Nc2cc(-n3cnc(C)c3)cc(C(F)(F)F)c2)c1.